The topological polar surface area (TPSA) is 55.4 Å². The van der Waals surface area contributed by atoms with Crippen molar-refractivity contribution in [2.24, 2.45) is 5.92 Å². The first kappa shape index (κ1) is 14.3. The molecule has 1 aromatic carbocycles. The smallest absolute Gasteiger partial charge is 0.240 e. The van der Waals surface area contributed by atoms with Crippen molar-refractivity contribution in [3.63, 3.8) is 0 Å². The van der Waals surface area contributed by atoms with E-state index in [2.05, 4.69) is 11.6 Å². The minimum Gasteiger partial charge on any atom is -0.497 e. The Kier molecular flexibility index (Phi) is 4.47. The van der Waals surface area contributed by atoms with Gasteiger partial charge < -0.3 is 4.74 Å². The number of methoxy groups -OCH3 is 1. The minimum absolute atomic E-state index is 0.0563. The highest BCUT2D eigenvalue weighted by Gasteiger charge is 2.26. The minimum atomic E-state index is -3.42. The van der Waals surface area contributed by atoms with Gasteiger partial charge in [0.2, 0.25) is 10.0 Å². The van der Waals surface area contributed by atoms with Crippen molar-refractivity contribution in [1.29, 1.82) is 0 Å². The SMILES string of the molecule is COc1ccc(S(=O)(=O)N[C@H]2CCCC[C@H]2C)cc1. The van der Waals surface area contributed by atoms with Gasteiger partial charge in [0, 0.05) is 6.04 Å². The molecule has 2 atom stereocenters. The van der Waals surface area contributed by atoms with Gasteiger partial charge in [0.25, 0.3) is 0 Å². The van der Waals surface area contributed by atoms with Crippen molar-refractivity contribution in [2.45, 2.75) is 43.5 Å². The molecule has 0 spiro atoms. The molecule has 106 valence electrons. The zero-order valence-corrected chi connectivity index (χ0v) is 12.2. The number of sulfonamides is 1. The third-order valence-corrected chi connectivity index (χ3v) is 5.29. The Hall–Kier alpha value is -1.07. The van der Waals surface area contributed by atoms with Gasteiger partial charge in [-0.3, -0.25) is 0 Å². The van der Waals surface area contributed by atoms with E-state index in [1.165, 1.54) is 6.42 Å². The van der Waals surface area contributed by atoms with Crippen LogP contribution in [-0.4, -0.2) is 21.6 Å². The summed E-state index contributed by atoms with van der Waals surface area (Å²) in [6.45, 7) is 2.11. The van der Waals surface area contributed by atoms with Crippen LogP contribution in [0.25, 0.3) is 0 Å². The van der Waals surface area contributed by atoms with E-state index in [-0.39, 0.29) is 6.04 Å². The summed E-state index contributed by atoms with van der Waals surface area (Å²) < 4.78 is 32.5. The van der Waals surface area contributed by atoms with E-state index in [9.17, 15) is 8.42 Å². The van der Waals surface area contributed by atoms with Gasteiger partial charge in [0.15, 0.2) is 0 Å². The van der Waals surface area contributed by atoms with Gasteiger partial charge in [-0.15, -0.1) is 0 Å². The van der Waals surface area contributed by atoms with Gasteiger partial charge in [-0.25, -0.2) is 13.1 Å². The van der Waals surface area contributed by atoms with Crippen LogP contribution in [0.1, 0.15) is 32.6 Å². The Morgan fingerprint density at radius 2 is 1.79 bits per heavy atom. The number of ether oxygens (including phenoxy) is 1. The van der Waals surface area contributed by atoms with E-state index in [0.717, 1.165) is 19.3 Å². The fourth-order valence-corrected chi connectivity index (χ4v) is 3.89. The van der Waals surface area contributed by atoms with Crippen LogP contribution >= 0.6 is 0 Å². The van der Waals surface area contributed by atoms with Crippen LogP contribution in [0.2, 0.25) is 0 Å². The molecular formula is C14H21NO3S. The molecule has 1 aromatic rings. The van der Waals surface area contributed by atoms with Crippen molar-refractivity contribution in [2.75, 3.05) is 7.11 Å². The molecule has 0 aliphatic heterocycles. The van der Waals surface area contributed by atoms with Gasteiger partial charge in [-0.05, 0) is 43.0 Å². The molecule has 1 N–H and O–H groups in total. The Morgan fingerprint density at radius 3 is 2.37 bits per heavy atom. The highest BCUT2D eigenvalue weighted by molar-refractivity contribution is 7.89. The van der Waals surface area contributed by atoms with Crippen LogP contribution in [0.4, 0.5) is 0 Å². The molecule has 0 amide bonds. The number of benzene rings is 1. The maximum Gasteiger partial charge on any atom is 0.240 e. The van der Waals surface area contributed by atoms with Crippen LogP contribution in [0, 0.1) is 5.92 Å². The van der Waals surface area contributed by atoms with E-state index in [1.807, 2.05) is 0 Å². The number of hydrogen-bond donors (Lipinski definition) is 1. The molecule has 1 fully saturated rings. The average molecular weight is 283 g/mol. The van der Waals surface area contributed by atoms with Gasteiger partial charge in [-0.1, -0.05) is 19.8 Å². The normalized spacial score (nSPS) is 24.1. The van der Waals surface area contributed by atoms with Gasteiger partial charge >= 0.3 is 0 Å². The third-order valence-electron chi connectivity index (χ3n) is 3.79. The number of hydrogen-bond acceptors (Lipinski definition) is 3. The van der Waals surface area contributed by atoms with Crippen molar-refractivity contribution < 1.29 is 13.2 Å². The molecule has 0 bridgehead atoms. The molecule has 0 aromatic heterocycles. The molecule has 0 heterocycles. The lowest BCUT2D eigenvalue weighted by molar-refractivity contribution is 0.310. The van der Waals surface area contributed by atoms with Crippen LogP contribution in [-0.2, 0) is 10.0 Å². The van der Waals surface area contributed by atoms with Crippen molar-refractivity contribution in [1.82, 2.24) is 4.72 Å². The second-order valence-corrected chi connectivity index (χ2v) is 6.88. The van der Waals surface area contributed by atoms with Crippen LogP contribution in [0.3, 0.4) is 0 Å². The van der Waals surface area contributed by atoms with Crippen LogP contribution in [0.15, 0.2) is 29.2 Å². The zero-order valence-electron chi connectivity index (χ0n) is 11.4. The summed E-state index contributed by atoms with van der Waals surface area (Å²) >= 11 is 0. The Morgan fingerprint density at radius 1 is 1.16 bits per heavy atom. The van der Waals surface area contributed by atoms with Crippen molar-refractivity contribution >= 4 is 10.0 Å². The molecule has 1 aliphatic carbocycles. The summed E-state index contributed by atoms with van der Waals surface area (Å²) in [6.07, 6.45) is 4.31. The highest BCUT2D eigenvalue weighted by atomic mass is 32.2. The molecule has 4 nitrogen and oxygen atoms in total. The second-order valence-electron chi connectivity index (χ2n) is 5.17. The van der Waals surface area contributed by atoms with E-state index in [4.69, 9.17) is 4.74 Å². The molecule has 0 unspecified atom stereocenters. The molecular weight excluding hydrogens is 262 g/mol. The van der Waals surface area contributed by atoms with Crippen molar-refractivity contribution in [3.05, 3.63) is 24.3 Å². The first-order valence-corrected chi connectivity index (χ1v) is 8.17. The van der Waals surface area contributed by atoms with E-state index in [0.29, 0.717) is 16.6 Å². The van der Waals surface area contributed by atoms with Crippen LogP contribution < -0.4 is 9.46 Å². The lowest BCUT2D eigenvalue weighted by Crippen LogP contribution is -2.40. The summed E-state index contributed by atoms with van der Waals surface area (Å²) in [7, 11) is -1.86. The predicted molar refractivity (Wildman–Crippen MR) is 74.7 cm³/mol. The summed E-state index contributed by atoms with van der Waals surface area (Å²) in [4.78, 5) is 0.297. The predicted octanol–water partition coefficient (Wildman–Crippen LogP) is 2.55. The molecule has 19 heavy (non-hydrogen) atoms. The lowest BCUT2D eigenvalue weighted by atomic mass is 9.87. The highest BCUT2D eigenvalue weighted by Crippen LogP contribution is 2.25. The standard InChI is InChI=1S/C14H21NO3S/c1-11-5-3-4-6-14(11)15-19(16,17)13-9-7-12(18-2)8-10-13/h7-11,14-15H,3-6H2,1-2H3/t11-,14+/m1/s1. The first-order chi connectivity index (χ1) is 9.03. The molecule has 5 heteroatoms. The monoisotopic (exact) mass is 283 g/mol. The summed E-state index contributed by atoms with van der Waals surface area (Å²) in [5, 5.41) is 0. The average Bonchev–Trinajstić information content (AvgIpc) is 2.41. The van der Waals surface area contributed by atoms with Crippen LogP contribution in [0.5, 0.6) is 5.75 Å². The molecule has 0 saturated heterocycles. The zero-order chi connectivity index (χ0) is 13.9. The van der Waals surface area contributed by atoms with E-state index < -0.39 is 10.0 Å². The Bertz CT molecular complexity index is 510. The number of rotatable bonds is 4. The Labute approximate surface area is 115 Å². The summed E-state index contributed by atoms with van der Waals surface area (Å²) in [6, 6.07) is 6.54. The number of nitrogens with one attached hydrogen (secondary N) is 1. The van der Waals surface area contributed by atoms with E-state index in [1.54, 1.807) is 31.4 Å². The van der Waals surface area contributed by atoms with Gasteiger partial charge in [-0.2, -0.15) is 0 Å². The fourth-order valence-electron chi connectivity index (χ4n) is 2.51. The quantitative estimate of drug-likeness (QED) is 0.924. The fraction of sp³-hybridized carbons (Fsp3) is 0.571. The maximum absolute atomic E-state index is 12.3. The molecule has 1 aliphatic rings. The molecule has 0 radical (unpaired) electrons. The maximum atomic E-state index is 12.3. The first-order valence-electron chi connectivity index (χ1n) is 6.69. The summed E-state index contributed by atoms with van der Waals surface area (Å²) in [5.74, 6) is 1.06. The van der Waals surface area contributed by atoms with Crippen molar-refractivity contribution in [3.8, 4) is 5.75 Å². The summed E-state index contributed by atoms with van der Waals surface area (Å²) in [5.41, 5.74) is 0. The second kappa shape index (κ2) is 5.92. The third kappa shape index (κ3) is 3.48. The Balaban J connectivity index is 2.12. The van der Waals surface area contributed by atoms with Gasteiger partial charge in [0.05, 0.1) is 12.0 Å². The van der Waals surface area contributed by atoms with E-state index >= 15 is 0 Å². The molecule has 1 saturated carbocycles. The lowest BCUT2D eigenvalue weighted by Gasteiger charge is -2.29. The molecule has 2 rings (SSSR count). The largest absolute Gasteiger partial charge is 0.497 e. The van der Waals surface area contributed by atoms with Gasteiger partial charge in [0.1, 0.15) is 5.75 Å².